The number of rotatable bonds is 4. The molecule has 4 heteroatoms. The summed E-state index contributed by atoms with van der Waals surface area (Å²) in [5, 5.41) is 12.4. The summed E-state index contributed by atoms with van der Waals surface area (Å²) in [6, 6.07) is 10.8. The molecule has 4 nitrogen and oxygen atoms in total. The Balaban J connectivity index is 1.97. The maximum absolute atomic E-state index is 11.9. The molecule has 0 aliphatic rings. The number of hydrogen-bond donors (Lipinski definition) is 2. The second kappa shape index (κ2) is 6.31. The minimum atomic E-state index is -0.310. The number of carbonyl (C=O) groups excluding carboxylic acids is 1. The average molecular weight is 285 g/mol. The first-order valence-corrected chi connectivity index (χ1v) is 6.76. The van der Waals surface area contributed by atoms with Crippen molar-refractivity contribution in [1.82, 2.24) is 0 Å². The number of anilines is 1. The molecule has 2 rings (SSSR count). The van der Waals surface area contributed by atoms with Crippen molar-refractivity contribution in [2.45, 2.75) is 20.8 Å². The van der Waals surface area contributed by atoms with Gasteiger partial charge in [0.25, 0.3) is 5.91 Å². The zero-order valence-electron chi connectivity index (χ0n) is 12.4. The van der Waals surface area contributed by atoms with Gasteiger partial charge < -0.3 is 15.2 Å². The number of aromatic hydroxyl groups is 1. The number of nitrogens with one attached hydrogen (secondary N) is 1. The molecule has 110 valence electrons. The Labute approximate surface area is 124 Å². The lowest BCUT2D eigenvalue weighted by Crippen LogP contribution is -2.20. The van der Waals surface area contributed by atoms with Gasteiger partial charge in [0.2, 0.25) is 0 Å². The van der Waals surface area contributed by atoms with Crippen molar-refractivity contribution in [2.75, 3.05) is 11.9 Å². The summed E-state index contributed by atoms with van der Waals surface area (Å²) < 4.78 is 5.52. The predicted molar refractivity (Wildman–Crippen MR) is 82.9 cm³/mol. The molecule has 0 saturated heterocycles. The van der Waals surface area contributed by atoms with E-state index in [9.17, 15) is 9.90 Å². The smallest absolute Gasteiger partial charge is 0.262 e. The van der Waals surface area contributed by atoms with Crippen molar-refractivity contribution < 1.29 is 14.6 Å². The monoisotopic (exact) mass is 285 g/mol. The van der Waals surface area contributed by atoms with Crippen molar-refractivity contribution in [3.8, 4) is 11.5 Å². The molecule has 2 aromatic carbocycles. The van der Waals surface area contributed by atoms with Gasteiger partial charge in [-0.3, -0.25) is 4.79 Å². The van der Waals surface area contributed by atoms with E-state index < -0.39 is 0 Å². The lowest BCUT2D eigenvalue weighted by molar-refractivity contribution is -0.118. The first-order chi connectivity index (χ1) is 9.97. The van der Waals surface area contributed by atoms with Crippen molar-refractivity contribution in [3.05, 3.63) is 53.1 Å². The molecule has 0 radical (unpaired) electrons. The number of amides is 1. The highest BCUT2D eigenvalue weighted by Gasteiger charge is 2.09. The number of benzene rings is 2. The van der Waals surface area contributed by atoms with Crippen molar-refractivity contribution >= 4 is 11.6 Å². The van der Waals surface area contributed by atoms with Crippen LogP contribution in [0.25, 0.3) is 0 Å². The molecular formula is C17H19NO3. The topological polar surface area (TPSA) is 58.6 Å². The van der Waals surface area contributed by atoms with Gasteiger partial charge in [-0.05, 0) is 55.7 Å². The molecule has 0 aliphatic heterocycles. The SMILES string of the molecule is Cc1ccc(NC(=O)COc2cccc(C)c2C)c(O)c1. The summed E-state index contributed by atoms with van der Waals surface area (Å²) in [5.74, 6) is 0.434. The largest absolute Gasteiger partial charge is 0.506 e. The highest BCUT2D eigenvalue weighted by Crippen LogP contribution is 2.24. The van der Waals surface area contributed by atoms with Crippen LogP contribution < -0.4 is 10.1 Å². The zero-order chi connectivity index (χ0) is 15.4. The van der Waals surface area contributed by atoms with E-state index in [-0.39, 0.29) is 18.3 Å². The summed E-state index contributed by atoms with van der Waals surface area (Å²) in [6.45, 7) is 5.72. The third kappa shape index (κ3) is 3.75. The molecule has 0 heterocycles. The Morgan fingerprint density at radius 1 is 1.19 bits per heavy atom. The minimum absolute atomic E-state index is 0.0510. The van der Waals surface area contributed by atoms with Gasteiger partial charge in [-0.25, -0.2) is 0 Å². The minimum Gasteiger partial charge on any atom is -0.506 e. The number of carbonyl (C=O) groups is 1. The van der Waals surface area contributed by atoms with Gasteiger partial charge in [-0.15, -0.1) is 0 Å². The number of hydrogen-bond acceptors (Lipinski definition) is 3. The number of phenolic OH excluding ortho intramolecular Hbond substituents is 1. The third-order valence-corrected chi connectivity index (χ3v) is 3.34. The van der Waals surface area contributed by atoms with Crippen LogP contribution in [0.15, 0.2) is 36.4 Å². The van der Waals surface area contributed by atoms with Gasteiger partial charge in [0.05, 0.1) is 5.69 Å². The average Bonchev–Trinajstić information content (AvgIpc) is 2.43. The van der Waals surface area contributed by atoms with Crippen LogP contribution in [-0.4, -0.2) is 17.6 Å². The van der Waals surface area contributed by atoms with E-state index >= 15 is 0 Å². The lowest BCUT2D eigenvalue weighted by Gasteiger charge is -2.11. The molecule has 0 spiro atoms. The quantitative estimate of drug-likeness (QED) is 0.847. The summed E-state index contributed by atoms with van der Waals surface area (Å²) in [5.41, 5.74) is 3.44. The van der Waals surface area contributed by atoms with Gasteiger partial charge in [0, 0.05) is 0 Å². The van der Waals surface area contributed by atoms with E-state index in [1.165, 1.54) is 0 Å². The maximum Gasteiger partial charge on any atom is 0.262 e. The van der Waals surface area contributed by atoms with Crippen molar-refractivity contribution in [2.24, 2.45) is 0 Å². The maximum atomic E-state index is 11.9. The van der Waals surface area contributed by atoms with Gasteiger partial charge >= 0.3 is 0 Å². The molecule has 0 unspecified atom stereocenters. The van der Waals surface area contributed by atoms with E-state index in [1.54, 1.807) is 12.1 Å². The molecule has 0 atom stereocenters. The fourth-order valence-electron chi connectivity index (χ4n) is 1.96. The summed E-state index contributed by atoms with van der Waals surface area (Å²) >= 11 is 0. The number of aryl methyl sites for hydroxylation is 2. The summed E-state index contributed by atoms with van der Waals surface area (Å²) in [6.07, 6.45) is 0. The summed E-state index contributed by atoms with van der Waals surface area (Å²) in [7, 11) is 0. The molecule has 0 aromatic heterocycles. The van der Waals surface area contributed by atoms with Crippen LogP contribution in [0.4, 0.5) is 5.69 Å². The van der Waals surface area contributed by atoms with Crippen LogP contribution in [0.5, 0.6) is 11.5 Å². The Kier molecular flexibility index (Phi) is 4.48. The van der Waals surface area contributed by atoms with Gasteiger partial charge in [0.1, 0.15) is 11.5 Å². The van der Waals surface area contributed by atoms with Crippen LogP contribution in [0, 0.1) is 20.8 Å². The first kappa shape index (κ1) is 14.9. The third-order valence-electron chi connectivity index (χ3n) is 3.34. The lowest BCUT2D eigenvalue weighted by atomic mass is 10.1. The molecule has 21 heavy (non-hydrogen) atoms. The molecule has 2 aromatic rings. The number of phenols is 1. The molecule has 0 bridgehead atoms. The Morgan fingerprint density at radius 2 is 1.95 bits per heavy atom. The van der Waals surface area contributed by atoms with Gasteiger partial charge in [-0.2, -0.15) is 0 Å². The van der Waals surface area contributed by atoms with Crippen LogP contribution >= 0.6 is 0 Å². The van der Waals surface area contributed by atoms with Crippen molar-refractivity contribution in [3.63, 3.8) is 0 Å². The highest BCUT2D eigenvalue weighted by atomic mass is 16.5. The van der Waals surface area contributed by atoms with Crippen LogP contribution in [0.2, 0.25) is 0 Å². The fourth-order valence-corrected chi connectivity index (χ4v) is 1.96. The van der Waals surface area contributed by atoms with Crippen LogP contribution in [0.1, 0.15) is 16.7 Å². The molecule has 1 amide bonds. The normalized spacial score (nSPS) is 10.2. The van der Waals surface area contributed by atoms with Crippen molar-refractivity contribution in [1.29, 1.82) is 0 Å². The molecule has 0 saturated carbocycles. The van der Waals surface area contributed by atoms with E-state index in [4.69, 9.17) is 4.74 Å². The van der Waals surface area contributed by atoms with E-state index in [0.717, 1.165) is 16.7 Å². The standard InChI is InChI=1S/C17H19NO3/c1-11-7-8-14(15(19)9-11)18-17(20)10-21-16-6-4-5-12(2)13(16)3/h4-9,19H,10H2,1-3H3,(H,18,20). The Morgan fingerprint density at radius 3 is 2.67 bits per heavy atom. The summed E-state index contributed by atoms with van der Waals surface area (Å²) in [4.78, 5) is 11.9. The number of ether oxygens (including phenoxy) is 1. The predicted octanol–water partition coefficient (Wildman–Crippen LogP) is 3.33. The molecule has 2 N–H and O–H groups in total. The second-order valence-electron chi connectivity index (χ2n) is 5.06. The first-order valence-electron chi connectivity index (χ1n) is 6.76. The molecular weight excluding hydrogens is 266 g/mol. The zero-order valence-corrected chi connectivity index (χ0v) is 12.4. The fraction of sp³-hybridized carbons (Fsp3) is 0.235. The van der Waals surface area contributed by atoms with Gasteiger partial charge in [-0.1, -0.05) is 18.2 Å². The Hall–Kier alpha value is -2.49. The van der Waals surface area contributed by atoms with Crippen LogP contribution in [0.3, 0.4) is 0 Å². The Bertz CT molecular complexity index is 665. The van der Waals surface area contributed by atoms with E-state index in [1.807, 2.05) is 45.0 Å². The highest BCUT2D eigenvalue weighted by molar-refractivity contribution is 5.93. The second-order valence-corrected chi connectivity index (χ2v) is 5.06. The van der Waals surface area contributed by atoms with Gasteiger partial charge in [0.15, 0.2) is 6.61 Å². The molecule has 0 fully saturated rings. The molecule has 0 aliphatic carbocycles. The van der Waals surface area contributed by atoms with Crippen LogP contribution in [-0.2, 0) is 4.79 Å². The van der Waals surface area contributed by atoms with E-state index in [2.05, 4.69) is 5.32 Å². The van der Waals surface area contributed by atoms with E-state index in [0.29, 0.717) is 11.4 Å².